The number of rotatable bonds is 3. The van der Waals surface area contributed by atoms with Crippen LogP contribution in [-0.4, -0.2) is 24.5 Å². The molecule has 2 N–H and O–H groups in total. The van der Waals surface area contributed by atoms with Gasteiger partial charge in [0.2, 0.25) is 0 Å². The van der Waals surface area contributed by atoms with Crippen molar-refractivity contribution in [2.45, 2.75) is 46.6 Å². The second-order valence-electron chi connectivity index (χ2n) is 7.44. The van der Waals surface area contributed by atoms with E-state index in [0.717, 1.165) is 19.0 Å². The van der Waals surface area contributed by atoms with Crippen molar-refractivity contribution in [3.8, 4) is 0 Å². The molecule has 1 unspecified atom stereocenters. The van der Waals surface area contributed by atoms with E-state index < -0.39 is 0 Å². The first-order valence-corrected chi connectivity index (χ1v) is 8.82. The minimum absolute atomic E-state index is 0.350. The second-order valence-corrected chi connectivity index (χ2v) is 8.29. The summed E-state index contributed by atoms with van der Waals surface area (Å²) in [5.41, 5.74) is 9.13. The zero-order chi connectivity index (χ0) is 15.6. The molecule has 1 atom stereocenters. The molecule has 0 spiro atoms. The minimum Gasteiger partial charge on any atom is -0.329 e. The molecule has 0 amide bonds. The van der Waals surface area contributed by atoms with Crippen LogP contribution in [0.25, 0.3) is 0 Å². The molecule has 2 nitrogen and oxygen atoms in total. The van der Waals surface area contributed by atoms with Gasteiger partial charge in [-0.1, -0.05) is 48.8 Å². The van der Waals surface area contributed by atoms with Crippen LogP contribution < -0.4 is 5.73 Å². The Labute approximate surface area is 138 Å². The highest BCUT2D eigenvalue weighted by molar-refractivity contribution is 9.10. The smallest absolute Gasteiger partial charge is 0.0470 e. The number of nitrogens with two attached hydrogens (primary N) is 1. The van der Waals surface area contributed by atoms with Crippen LogP contribution >= 0.6 is 15.9 Å². The summed E-state index contributed by atoms with van der Waals surface area (Å²) in [7, 11) is 0. The quantitative estimate of drug-likeness (QED) is 0.866. The van der Waals surface area contributed by atoms with E-state index in [1.807, 2.05) is 0 Å². The Morgan fingerprint density at radius 2 is 1.90 bits per heavy atom. The number of piperidine rings is 1. The first kappa shape index (κ1) is 17.0. The molecular formula is C18H29BrN2. The largest absolute Gasteiger partial charge is 0.329 e. The third-order valence-electron chi connectivity index (χ3n) is 5.00. The van der Waals surface area contributed by atoms with Crippen molar-refractivity contribution in [1.82, 2.24) is 4.90 Å². The molecule has 1 aliphatic rings. The lowest BCUT2D eigenvalue weighted by molar-refractivity contribution is 0.0846. The zero-order valence-electron chi connectivity index (χ0n) is 13.8. The van der Waals surface area contributed by atoms with Crippen molar-refractivity contribution in [3.05, 3.63) is 33.8 Å². The third kappa shape index (κ3) is 4.08. The van der Waals surface area contributed by atoms with Gasteiger partial charge in [-0.25, -0.2) is 0 Å². The topological polar surface area (TPSA) is 29.3 Å². The first-order valence-electron chi connectivity index (χ1n) is 8.03. The summed E-state index contributed by atoms with van der Waals surface area (Å²) < 4.78 is 1.18. The highest BCUT2D eigenvalue weighted by atomic mass is 79.9. The van der Waals surface area contributed by atoms with Gasteiger partial charge in [0.1, 0.15) is 0 Å². The Bertz CT molecular complexity index is 471. The van der Waals surface area contributed by atoms with E-state index in [1.165, 1.54) is 28.4 Å². The van der Waals surface area contributed by atoms with Crippen LogP contribution in [-0.2, 0) is 0 Å². The Hall–Kier alpha value is -0.380. The lowest BCUT2D eigenvalue weighted by Gasteiger charge is -2.42. The van der Waals surface area contributed by atoms with Gasteiger partial charge in [0.25, 0.3) is 0 Å². The minimum atomic E-state index is 0.350. The normalized spacial score (nSPS) is 19.7. The fourth-order valence-corrected chi connectivity index (χ4v) is 3.79. The second kappa shape index (κ2) is 6.80. The van der Waals surface area contributed by atoms with E-state index in [4.69, 9.17) is 5.73 Å². The van der Waals surface area contributed by atoms with Crippen molar-refractivity contribution in [2.75, 3.05) is 19.6 Å². The molecular weight excluding hydrogens is 324 g/mol. The number of hydrogen-bond donors (Lipinski definition) is 1. The highest BCUT2D eigenvalue weighted by Gasteiger charge is 2.31. The molecule has 1 aliphatic heterocycles. The predicted molar refractivity (Wildman–Crippen MR) is 94.4 cm³/mol. The van der Waals surface area contributed by atoms with Gasteiger partial charge in [-0.3, -0.25) is 4.90 Å². The number of nitrogens with zero attached hydrogens (tertiary/aromatic N) is 1. The van der Waals surface area contributed by atoms with Crippen LogP contribution in [0.15, 0.2) is 22.7 Å². The Morgan fingerprint density at radius 1 is 1.29 bits per heavy atom. The third-order valence-corrected chi connectivity index (χ3v) is 5.85. The molecule has 1 heterocycles. The van der Waals surface area contributed by atoms with Gasteiger partial charge < -0.3 is 5.73 Å². The number of aryl methyl sites for hydroxylation is 1. The van der Waals surface area contributed by atoms with Crippen molar-refractivity contribution >= 4 is 15.9 Å². The molecule has 118 valence electrons. The van der Waals surface area contributed by atoms with Crippen LogP contribution in [0.2, 0.25) is 0 Å². The van der Waals surface area contributed by atoms with Gasteiger partial charge in [-0.05, 0) is 61.4 Å². The van der Waals surface area contributed by atoms with E-state index in [2.05, 4.69) is 66.7 Å². The van der Waals surface area contributed by atoms with Crippen LogP contribution in [0.1, 0.15) is 50.8 Å². The predicted octanol–water partition coefficient (Wildman–Crippen LogP) is 4.52. The average molecular weight is 353 g/mol. The van der Waals surface area contributed by atoms with E-state index in [-0.39, 0.29) is 0 Å². The molecule has 2 rings (SSSR count). The lowest BCUT2D eigenvalue weighted by Crippen LogP contribution is -2.42. The average Bonchev–Trinajstić information content (AvgIpc) is 2.43. The van der Waals surface area contributed by atoms with E-state index in [0.29, 0.717) is 18.0 Å². The van der Waals surface area contributed by atoms with Crippen molar-refractivity contribution in [1.29, 1.82) is 0 Å². The van der Waals surface area contributed by atoms with E-state index in [1.54, 1.807) is 0 Å². The molecule has 0 aliphatic carbocycles. The van der Waals surface area contributed by atoms with E-state index >= 15 is 0 Å². The van der Waals surface area contributed by atoms with Gasteiger partial charge in [0, 0.05) is 17.1 Å². The summed E-state index contributed by atoms with van der Waals surface area (Å²) in [6, 6.07) is 7.00. The Balaban J connectivity index is 2.07. The summed E-state index contributed by atoms with van der Waals surface area (Å²) in [5.74, 6) is 0.830. The van der Waals surface area contributed by atoms with Crippen LogP contribution in [0.4, 0.5) is 0 Å². The monoisotopic (exact) mass is 352 g/mol. The number of likely N-dealkylation sites (tertiary alicyclic amines) is 1. The molecule has 1 saturated heterocycles. The molecule has 0 bridgehead atoms. The van der Waals surface area contributed by atoms with Crippen LogP contribution in [0.5, 0.6) is 0 Å². The molecule has 1 aromatic carbocycles. The molecule has 3 heteroatoms. The van der Waals surface area contributed by atoms with Crippen molar-refractivity contribution in [2.24, 2.45) is 17.1 Å². The van der Waals surface area contributed by atoms with Crippen molar-refractivity contribution in [3.63, 3.8) is 0 Å². The lowest BCUT2D eigenvalue weighted by atomic mass is 9.75. The number of benzene rings is 1. The Kier molecular flexibility index (Phi) is 5.50. The van der Waals surface area contributed by atoms with Gasteiger partial charge in [-0.15, -0.1) is 0 Å². The highest BCUT2D eigenvalue weighted by Crippen LogP contribution is 2.36. The maximum atomic E-state index is 6.09. The van der Waals surface area contributed by atoms with Gasteiger partial charge in [0.15, 0.2) is 0 Å². The summed E-state index contributed by atoms with van der Waals surface area (Å²) in [6.07, 6.45) is 2.57. The standard InChI is InChI=1S/C18H29BrN2/c1-13-5-6-14(11-16(13)19)17(12-20)21-9-7-15(8-10-21)18(2,3)4/h5-6,11,15,17H,7-10,12,20H2,1-4H3. The number of hydrogen-bond acceptors (Lipinski definition) is 2. The molecule has 0 radical (unpaired) electrons. The van der Waals surface area contributed by atoms with Crippen LogP contribution in [0, 0.1) is 18.3 Å². The maximum absolute atomic E-state index is 6.09. The van der Waals surface area contributed by atoms with Gasteiger partial charge >= 0.3 is 0 Å². The summed E-state index contributed by atoms with van der Waals surface area (Å²) >= 11 is 3.64. The fourth-order valence-electron chi connectivity index (χ4n) is 3.39. The molecule has 21 heavy (non-hydrogen) atoms. The molecule has 0 aromatic heterocycles. The summed E-state index contributed by atoms with van der Waals surface area (Å²) in [5, 5.41) is 0. The molecule has 1 aromatic rings. The van der Waals surface area contributed by atoms with Crippen molar-refractivity contribution < 1.29 is 0 Å². The van der Waals surface area contributed by atoms with Crippen LogP contribution in [0.3, 0.4) is 0 Å². The van der Waals surface area contributed by atoms with Gasteiger partial charge in [0.05, 0.1) is 0 Å². The molecule has 1 fully saturated rings. The van der Waals surface area contributed by atoms with Gasteiger partial charge in [-0.2, -0.15) is 0 Å². The zero-order valence-corrected chi connectivity index (χ0v) is 15.4. The SMILES string of the molecule is Cc1ccc(C(CN)N2CCC(C(C)(C)C)CC2)cc1Br. The summed E-state index contributed by atoms with van der Waals surface area (Å²) in [4.78, 5) is 2.57. The number of halogens is 1. The van der Waals surface area contributed by atoms with E-state index in [9.17, 15) is 0 Å². The maximum Gasteiger partial charge on any atom is 0.0470 e. The first-order chi connectivity index (χ1) is 9.82. The Morgan fingerprint density at radius 3 is 2.38 bits per heavy atom. The fraction of sp³-hybridized carbons (Fsp3) is 0.667. The summed E-state index contributed by atoms with van der Waals surface area (Å²) in [6.45, 7) is 12.2. The molecule has 0 saturated carbocycles.